The molecule has 140 valence electrons. The first-order valence-corrected chi connectivity index (χ1v) is 9.25. The Hall–Kier alpha value is -2.80. The molecule has 0 saturated carbocycles. The average molecular weight is 387 g/mol. The maximum absolute atomic E-state index is 13.3. The molecule has 3 rings (SSSR count). The summed E-state index contributed by atoms with van der Waals surface area (Å²) in [7, 11) is 1.39. The number of hydrogen-bond donors (Lipinski definition) is 0. The van der Waals surface area contributed by atoms with Gasteiger partial charge < -0.3 is 9.47 Å². The third kappa shape index (κ3) is 4.89. The Bertz CT molecular complexity index is 937. The van der Waals surface area contributed by atoms with Crippen molar-refractivity contribution in [2.45, 2.75) is 19.3 Å². The number of thiazole rings is 1. The van der Waals surface area contributed by atoms with E-state index in [-0.39, 0.29) is 17.7 Å². The number of methoxy groups -OCH3 is 1. The van der Waals surface area contributed by atoms with Gasteiger partial charge in [-0.15, -0.1) is 11.3 Å². The van der Waals surface area contributed by atoms with Gasteiger partial charge in [0, 0.05) is 6.42 Å². The van der Waals surface area contributed by atoms with Gasteiger partial charge in [0.1, 0.15) is 11.6 Å². The van der Waals surface area contributed by atoms with Crippen LogP contribution in [0.15, 0.2) is 42.5 Å². The molecule has 0 aliphatic carbocycles. The van der Waals surface area contributed by atoms with Crippen LogP contribution in [-0.2, 0) is 16.0 Å². The van der Waals surface area contributed by atoms with Gasteiger partial charge >= 0.3 is 5.97 Å². The Morgan fingerprint density at radius 2 is 2.00 bits per heavy atom. The van der Waals surface area contributed by atoms with E-state index in [1.165, 1.54) is 19.2 Å². The zero-order chi connectivity index (χ0) is 19.2. The lowest BCUT2D eigenvalue weighted by Gasteiger charge is -2.08. The van der Waals surface area contributed by atoms with E-state index in [0.717, 1.165) is 21.3 Å². The highest BCUT2D eigenvalue weighted by molar-refractivity contribution is 7.18. The SMILES string of the molecule is COc1ccc(F)cc1C(=O)COC(=O)CCCc1nc2ccccc2s1. The number of hydrogen-bond acceptors (Lipinski definition) is 6. The number of benzene rings is 2. The zero-order valence-corrected chi connectivity index (χ0v) is 15.6. The summed E-state index contributed by atoms with van der Waals surface area (Å²) in [5.74, 6) is -1.29. The first-order valence-electron chi connectivity index (χ1n) is 8.43. The number of carbonyl (C=O) groups excluding carboxylic acids is 2. The van der Waals surface area contributed by atoms with Crippen LogP contribution in [0.3, 0.4) is 0 Å². The molecule has 0 radical (unpaired) electrons. The molecular formula is C20H18FNO4S. The van der Waals surface area contributed by atoms with Crippen molar-refractivity contribution in [3.05, 3.63) is 58.9 Å². The molecule has 0 N–H and O–H groups in total. The molecule has 1 aromatic heterocycles. The van der Waals surface area contributed by atoms with E-state index in [9.17, 15) is 14.0 Å². The number of fused-ring (bicyclic) bond motifs is 1. The third-order valence-electron chi connectivity index (χ3n) is 3.94. The minimum atomic E-state index is -0.554. The molecule has 0 aliphatic rings. The molecule has 0 unspecified atom stereocenters. The Kier molecular flexibility index (Phi) is 6.13. The van der Waals surface area contributed by atoms with Gasteiger partial charge in [0.05, 0.1) is 27.9 Å². The molecule has 5 nitrogen and oxygen atoms in total. The molecule has 7 heteroatoms. The predicted molar refractivity (Wildman–Crippen MR) is 101 cm³/mol. The van der Waals surface area contributed by atoms with E-state index >= 15 is 0 Å². The van der Waals surface area contributed by atoms with Gasteiger partial charge in [-0.25, -0.2) is 9.37 Å². The number of ketones is 1. The zero-order valence-electron chi connectivity index (χ0n) is 14.7. The molecule has 0 atom stereocenters. The maximum Gasteiger partial charge on any atom is 0.306 e. The molecule has 0 amide bonds. The lowest BCUT2D eigenvalue weighted by atomic mass is 10.1. The van der Waals surface area contributed by atoms with Crippen LogP contribution in [0, 0.1) is 5.82 Å². The second-order valence-corrected chi connectivity index (χ2v) is 6.97. The van der Waals surface area contributed by atoms with Crippen LogP contribution in [0.5, 0.6) is 5.75 Å². The van der Waals surface area contributed by atoms with Gasteiger partial charge in [-0.1, -0.05) is 12.1 Å². The summed E-state index contributed by atoms with van der Waals surface area (Å²) < 4.78 is 24.5. The lowest BCUT2D eigenvalue weighted by molar-refractivity contribution is -0.142. The van der Waals surface area contributed by atoms with Crippen LogP contribution in [0.4, 0.5) is 4.39 Å². The predicted octanol–water partition coefficient (Wildman–Crippen LogP) is 4.19. The van der Waals surface area contributed by atoms with E-state index in [1.54, 1.807) is 11.3 Å². The molecular weight excluding hydrogens is 369 g/mol. The smallest absolute Gasteiger partial charge is 0.306 e. The number of ether oxygens (including phenoxy) is 2. The molecule has 0 saturated heterocycles. The van der Waals surface area contributed by atoms with Gasteiger partial charge in [0.25, 0.3) is 0 Å². The Morgan fingerprint density at radius 3 is 2.78 bits per heavy atom. The second kappa shape index (κ2) is 8.73. The van der Waals surface area contributed by atoms with Crippen molar-refractivity contribution in [1.82, 2.24) is 4.98 Å². The maximum atomic E-state index is 13.3. The Morgan fingerprint density at radius 1 is 1.19 bits per heavy atom. The number of aromatic nitrogens is 1. The lowest BCUT2D eigenvalue weighted by Crippen LogP contribution is -2.15. The third-order valence-corrected chi connectivity index (χ3v) is 5.03. The summed E-state index contributed by atoms with van der Waals surface area (Å²) in [5, 5.41) is 0.963. The quantitative estimate of drug-likeness (QED) is 0.428. The molecule has 1 heterocycles. The first kappa shape index (κ1) is 19.0. The number of nitrogens with zero attached hydrogens (tertiary/aromatic N) is 1. The number of rotatable bonds is 8. The summed E-state index contributed by atoms with van der Waals surface area (Å²) in [4.78, 5) is 28.5. The number of halogens is 1. The molecule has 0 bridgehead atoms. The summed E-state index contributed by atoms with van der Waals surface area (Å²) in [6.07, 6.45) is 1.43. The summed E-state index contributed by atoms with van der Waals surface area (Å²) in [6.45, 7) is -0.445. The van der Waals surface area contributed by atoms with Crippen LogP contribution in [0.1, 0.15) is 28.2 Å². The van der Waals surface area contributed by atoms with Crippen LogP contribution in [-0.4, -0.2) is 30.5 Å². The molecule has 3 aromatic rings. The Labute approximate surface area is 159 Å². The number of aryl methyl sites for hydroxylation is 1. The van der Waals surface area contributed by atoms with E-state index in [4.69, 9.17) is 9.47 Å². The standard InChI is InChI=1S/C20H18FNO4S/c1-25-17-10-9-13(21)11-14(17)16(23)12-26-20(24)8-4-7-19-22-15-5-2-3-6-18(15)27-19/h2-3,5-6,9-11H,4,7-8,12H2,1H3. The van der Waals surface area contributed by atoms with Crippen molar-refractivity contribution in [2.24, 2.45) is 0 Å². The second-order valence-electron chi connectivity index (χ2n) is 5.86. The number of Topliss-reactive ketones (excluding diaryl/α,β-unsaturated/α-hetero) is 1. The molecule has 0 aliphatic heterocycles. The summed E-state index contributed by atoms with van der Waals surface area (Å²) >= 11 is 1.60. The minimum absolute atomic E-state index is 0.0553. The number of para-hydroxylation sites is 1. The van der Waals surface area contributed by atoms with E-state index in [0.29, 0.717) is 12.8 Å². The van der Waals surface area contributed by atoms with Gasteiger partial charge in [-0.2, -0.15) is 0 Å². The van der Waals surface area contributed by atoms with E-state index < -0.39 is 24.2 Å². The molecule has 0 spiro atoms. The van der Waals surface area contributed by atoms with Crippen molar-refractivity contribution in [3.8, 4) is 5.75 Å². The van der Waals surface area contributed by atoms with Gasteiger partial charge in [0.2, 0.25) is 5.78 Å². The normalized spacial score (nSPS) is 10.7. The van der Waals surface area contributed by atoms with Gasteiger partial charge in [-0.3, -0.25) is 9.59 Å². The van der Waals surface area contributed by atoms with E-state index in [1.807, 2.05) is 24.3 Å². The first-order chi connectivity index (χ1) is 13.1. The average Bonchev–Trinajstić information content (AvgIpc) is 3.08. The van der Waals surface area contributed by atoms with Gasteiger partial charge in [-0.05, 0) is 43.2 Å². The van der Waals surface area contributed by atoms with Gasteiger partial charge in [0.15, 0.2) is 6.61 Å². The van der Waals surface area contributed by atoms with Crippen LogP contribution >= 0.6 is 11.3 Å². The minimum Gasteiger partial charge on any atom is -0.496 e. The summed E-state index contributed by atoms with van der Waals surface area (Å²) in [6, 6.07) is 11.5. The fourth-order valence-electron chi connectivity index (χ4n) is 2.60. The highest BCUT2D eigenvalue weighted by Crippen LogP contribution is 2.23. The largest absolute Gasteiger partial charge is 0.496 e. The van der Waals surface area contributed by atoms with Crippen molar-refractivity contribution in [3.63, 3.8) is 0 Å². The van der Waals surface area contributed by atoms with Crippen LogP contribution < -0.4 is 4.74 Å². The molecule has 27 heavy (non-hydrogen) atoms. The van der Waals surface area contributed by atoms with Crippen molar-refractivity contribution in [2.75, 3.05) is 13.7 Å². The van der Waals surface area contributed by atoms with Crippen molar-refractivity contribution in [1.29, 1.82) is 0 Å². The van der Waals surface area contributed by atoms with Crippen LogP contribution in [0.2, 0.25) is 0 Å². The van der Waals surface area contributed by atoms with E-state index in [2.05, 4.69) is 4.98 Å². The molecule has 0 fully saturated rings. The highest BCUT2D eigenvalue weighted by Gasteiger charge is 2.16. The van der Waals surface area contributed by atoms with Crippen molar-refractivity contribution < 1.29 is 23.5 Å². The number of carbonyl (C=O) groups is 2. The molecule has 2 aromatic carbocycles. The topological polar surface area (TPSA) is 65.5 Å². The monoisotopic (exact) mass is 387 g/mol. The Balaban J connectivity index is 1.47. The fourth-order valence-corrected chi connectivity index (χ4v) is 3.61. The van der Waals surface area contributed by atoms with Crippen LogP contribution in [0.25, 0.3) is 10.2 Å². The summed E-state index contributed by atoms with van der Waals surface area (Å²) in [5.41, 5.74) is 1.01. The highest BCUT2D eigenvalue weighted by atomic mass is 32.1. The number of esters is 1. The van der Waals surface area contributed by atoms with Crippen molar-refractivity contribution >= 4 is 33.3 Å². The fraction of sp³-hybridized carbons (Fsp3) is 0.250.